The lowest BCUT2D eigenvalue weighted by molar-refractivity contribution is -0.142. The van der Waals surface area contributed by atoms with Crippen LogP contribution in [-0.2, 0) is 25.2 Å². The second kappa shape index (κ2) is 11.2. The minimum Gasteiger partial charge on any atom is -0.485 e. The smallest absolute Gasteiger partial charge is 0.416 e. The van der Waals surface area contributed by atoms with E-state index in [1.165, 1.54) is 18.2 Å². The minimum atomic E-state index is -4.53. The van der Waals surface area contributed by atoms with Crippen LogP contribution in [0.3, 0.4) is 0 Å². The molecule has 1 saturated heterocycles. The van der Waals surface area contributed by atoms with Crippen molar-refractivity contribution in [3.8, 4) is 16.9 Å². The van der Waals surface area contributed by atoms with Crippen molar-refractivity contribution in [1.29, 1.82) is 0 Å². The Morgan fingerprint density at radius 3 is 2.41 bits per heavy atom. The first-order valence-electron chi connectivity index (χ1n) is 13.1. The molecule has 0 aromatic heterocycles. The van der Waals surface area contributed by atoms with E-state index in [9.17, 15) is 27.6 Å². The van der Waals surface area contributed by atoms with E-state index >= 15 is 0 Å². The van der Waals surface area contributed by atoms with E-state index in [2.05, 4.69) is 0 Å². The van der Waals surface area contributed by atoms with Crippen molar-refractivity contribution >= 4 is 17.7 Å². The summed E-state index contributed by atoms with van der Waals surface area (Å²) in [6.45, 7) is 1.31. The van der Waals surface area contributed by atoms with E-state index in [4.69, 9.17) is 14.2 Å². The van der Waals surface area contributed by atoms with E-state index in [0.29, 0.717) is 5.56 Å². The van der Waals surface area contributed by atoms with Gasteiger partial charge in [-0.2, -0.15) is 13.2 Å². The molecule has 3 aromatic rings. The van der Waals surface area contributed by atoms with Crippen LogP contribution in [0.2, 0.25) is 0 Å². The third-order valence-electron chi connectivity index (χ3n) is 7.71. The highest BCUT2D eigenvalue weighted by atomic mass is 19.4. The topological polar surface area (TPSA) is 78.9 Å². The lowest BCUT2D eigenvalue weighted by Gasteiger charge is -2.31. The van der Waals surface area contributed by atoms with Crippen molar-refractivity contribution in [2.75, 3.05) is 6.61 Å². The summed E-state index contributed by atoms with van der Waals surface area (Å²) in [6.07, 6.45) is -2.44. The van der Waals surface area contributed by atoms with Crippen LogP contribution in [0.4, 0.5) is 13.2 Å². The number of carbonyl (C=O) groups is 3. The Morgan fingerprint density at radius 2 is 1.71 bits per heavy atom. The lowest BCUT2D eigenvalue weighted by atomic mass is 9.76. The van der Waals surface area contributed by atoms with E-state index in [1.54, 1.807) is 25.1 Å². The summed E-state index contributed by atoms with van der Waals surface area (Å²) >= 11 is 0. The van der Waals surface area contributed by atoms with Gasteiger partial charge in [0.05, 0.1) is 17.5 Å². The van der Waals surface area contributed by atoms with Crippen LogP contribution < -0.4 is 4.74 Å². The number of carbonyl (C=O) groups excluding carboxylic acids is 3. The Morgan fingerprint density at radius 1 is 1.00 bits per heavy atom. The number of hydrogen-bond acceptors (Lipinski definition) is 6. The van der Waals surface area contributed by atoms with Crippen LogP contribution in [0.25, 0.3) is 11.1 Å². The second-order valence-electron chi connectivity index (χ2n) is 10.4. The van der Waals surface area contributed by atoms with Crippen molar-refractivity contribution in [2.45, 2.75) is 38.1 Å². The Bertz CT molecular complexity index is 1460. The number of halogens is 3. The van der Waals surface area contributed by atoms with Crippen molar-refractivity contribution in [3.63, 3.8) is 0 Å². The molecule has 0 amide bonds. The summed E-state index contributed by atoms with van der Waals surface area (Å²) in [7, 11) is 0. The number of alkyl halides is 3. The van der Waals surface area contributed by atoms with Gasteiger partial charge in [0.25, 0.3) is 0 Å². The minimum absolute atomic E-state index is 0.0893. The molecule has 0 N–H and O–H groups in total. The lowest BCUT2D eigenvalue weighted by Crippen LogP contribution is -2.35. The molecule has 1 aliphatic carbocycles. The average molecular weight is 565 g/mol. The Balaban J connectivity index is 1.27. The highest BCUT2D eigenvalue weighted by Crippen LogP contribution is 2.52. The van der Waals surface area contributed by atoms with Gasteiger partial charge in [0, 0.05) is 17.8 Å². The van der Waals surface area contributed by atoms with Gasteiger partial charge in [-0.1, -0.05) is 61.5 Å². The average Bonchev–Trinajstić information content (AvgIpc) is 3.45. The van der Waals surface area contributed by atoms with Crippen molar-refractivity contribution in [3.05, 3.63) is 102 Å². The number of ketones is 1. The van der Waals surface area contributed by atoms with Gasteiger partial charge < -0.3 is 14.2 Å². The maximum absolute atomic E-state index is 13.1. The molecule has 2 aliphatic rings. The van der Waals surface area contributed by atoms with Gasteiger partial charge in [-0.3, -0.25) is 9.59 Å². The van der Waals surface area contributed by atoms with Gasteiger partial charge in [-0.15, -0.1) is 0 Å². The zero-order valence-corrected chi connectivity index (χ0v) is 22.1. The molecule has 0 spiro atoms. The third kappa shape index (κ3) is 6.19. The molecule has 9 heteroatoms. The Labute approximate surface area is 234 Å². The molecular weight excluding hydrogens is 537 g/mol. The standard InChI is InChI=1S/C32H27F3O6/c1-31(15-14-24(36)19-39-25-9-5-8-23(16-25)32(33,34)35)26-17-29(37)40-27(26)18-28(31)41-30(38)22-12-10-21(11-13-22)20-6-3-2-4-7-20/h2-16,26-28H,17-19H2,1H3/b15-14+/t26-,27?,28+,31+/m0/s1. The molecular formula is C32H27F3O6. The molecule has 212 valence electrons. The molecule has 4 atom stereocenters. The third-order valence-corrected chi connectivity index (χ3v) is 7.71. The van der Waals surface area contributed by atoms with Crippen LogP contribution in [0.5, 0.6) is 5.75 Å². The van der Waals surface area contributed by atoms with Crippen LogP contribution in [0.15, 0.2) is 91.0 Å². The fourth-order valence-electron chi connectivity index (χ4n) is 5.42. The predicted octanol–water partition coefficient (Wildman–Crippen LogP) is 6.44. The van der Waals surface area contributed by atoms with E-state index < -0.39 is 47.7 Å². The summed E-state index contributed by atoms with van der Waals surface area (Å²) < 4.78 is 55.5. The molecule has 0 bridgehead atoms. The molecule has 5 rings (SSSR count). The quantitative estimate of drug-likeness (QED) is 0.231. The SMILES string of the molecule is C[C@]1(/C=C/C(=O)COc2cccc(C(F)(F)F)c2)[C@H](OC(=O)c2ccc(-c3ccccc3)cc2)CC2OC(=O)C[C@@H]21. The summed E-state index contributed by atoms with van der Waals surface area (Å²) in [5, 5.41) is 0. The highest BCUT2D eigenvalue weighted by molar-refractivity contribution is 5.91. The van der Waals surface area contributed by atoms with Gasteiger partial charge in [-0.25, -0.2) is 4.79 Å². The molecule has 1 saturated carbocycles. The molecule has 41 heavy (non-hydrogen) atoms. The number of benzene rings is 3. The molecule has 2 fully saturated rings. The fraction of sp³-hybridized carbons (Fsp3) is 0.281. The first-order valence-corrected chi connectivity index (χ1v) is 13.1. The van der Waals surface area contributed by atoms with Crippen LogP contribution in [0.1, 0.15) is 35.7 Å². The molecule has 6 nitrogen and oxygen atoms in total. The maximum atomic E-state index is 13.1. The van der Waals surface area contributed by atoms with Gasteiger partial charge in [0.2, 0.25) is 0 Å². The van der Waals surface area contributed by atoms with Crippen molar-refractivity contribution in [1.82, 2.24) is 0 Å². The van der Waals surface area contributed by atoms with Gasteiger partial charge >= 0.3 is 18.1 Å². The van der Waals surface area contributed by atoms with E-state index in [0.717, 1.165) is 23.3 Å². The number of ether oxygens (including phenoxy) is 3. The first-order chi connectivity index (χ1) is 19.5. The van der Waals surface area contributed by atoms with Gasteiger partial charge in [0.15, 0.2) is 12.4 Å². The van der Waals surface area contributed by atoms with E-state index in [-0.39, 0.29) is 30.5 Å². The first kappa shape index (κ1) is 28.1. The second-order valence-corrected chi connectivity index (χ2v) is 10.4. The zero-order valence-electron chi connectivity index (χ0n) is 22.1. The summed E-state index contributed by atoms with van der Waals surface area (Å²) in [4.78, 5) is 37.7. The highest BCUT2D eigenvalue weighted by Gasteiger charge is 2.58. The van der Waals surface area contributed by atoms with Crippen molar-refractivity contribution in [2.24, 2.45) is 11.3 Å². The van der Waals surface area contributed by atoms with E-state index in [1.807, 2.05) is 42.5 Å². The van der Waals surface area contributed by atoms with Crippen LogP contribution in [-0.4, -0.2) is 36.5 Å². The summed E-state index contributed by atoms with van der Waals surface area (Å²) in [5.41, 5.74) is 0.534. The monoisotopic (exact) mass is 564 g/mol. The molecule has 1 aliphatic heterocycles. The molecule has 0 radical (unpaired) electrons. The van der Waals surface area contributed by atoms with Crippen LogP contribution in [0, 0.1) is 11.3 Å². The van der Waals surface area contributed by atoms with Gasteiger partial charge in [-0.05, 0) is 47.5 Å². The van der Waals surface area contributed by atoms with Crippen LogP contribution >= 0.6 is 0 Å². The summed E-state index contributed by atoms with van der Waals surface area (Å²) in [6, 6.07) is 21.0. The fourth-order valence-corrected chi connectivity index (χ4v) is 5.42. The Kier molecular flexibility index (Phi) is 7.71. The predicted molar refractivity (Wildman–Crippen MR) is 143 cm³/mol. The molecule has 1 heterocycles. The number of esters is 2. The Hall–Kier alpha value is -4.40. The number of rotatable bonds is 8. The largest absolute Gasteiger partial charge is 0.485 e. The zero-order chi connectivity index (χ0) is 29.2. The molecule has 3 aromatic carbocycles. The normalized spacial score (nSPS) is 23.7. The van der Waals surface area contributed by atoms with Crippen molar-refractivity contribution < 1.29 is 41.8 Å². The van der Waals surface area contributed by atoms with Gasteiger partial charge in [0.1, 0.15) is 18.0 Å². The maximum Gasteiger partial charge on any atom is 0.416 e. The summed E-state index contributed by atoms with van der Waals surface area (Å²) in [5.74, 6) is -1.81. The molecule has 1 unspecified atom stereocenters. The number of hydrogen-bond donors (Lipinski definition) is 0. The number of fused-ring (bicyclic) bond motifs is 1.